The molecule has 0 aromatic rings. The van der Waals surface area contributed by atoms with Gasteiger partial charge in [0, 0.05) is 50.6 Å². The first-order chi connectivity index (χ1) is 21.8. The molecule has 0 rings (SSSR count). The molecule has 0 bridgehead atoms. The summed E-state index contributed by atoms with van der Waals surface area (Å²) in [6, 6.07) is -1.47. The molecule has 5 amide bonds. The summed E-state index contributed by atoms with van der Waals surface area (Å²) in [5.41, 5.74) is 5.72. The summed E-state index contributed by atoms with van der Waals surface area (Å²) in [6.45, 7) is 19.4. The summed E-state index contributed by atoms with van der Waals surface area (Å²) in [6.07, 6.45) is 0.867. The first kappa shape index (κ1) is 43.8. The van der Waals surface area contributed by atoms with E-state index in [4.69, 9.17) is 10.8 Å². The van der Waals surface area contributed by atoms with Gasteiger partial charge in [0.1, 0.15) is 0 Å². The molecule has 0 aliphatic heterocycles. The molecule has 6 unspecified atom stereocenters. The number of aliphatic carboxylic acids is 1. The van der Waals surface area contributed by atoms with E-state index in [1.165, 1.54) is 0 Å². The van der Waals surface area contributed by atoms with Gasteiger partial charge in [-0.25, -0.2) is 0 Å². The first-order valence-corrected chi connectivity index (χ1v) is 17.1. The molecule has 13 nitrogen and oxygen atoms in total. The fourth-order valence-electron chi connectivity index (χ4n) is 5.29. The highest BCUT2D eigenvalue weighted by Gasteiger charge is 2.28. The van der Waals surface area contributed by atoms with Crippen molar-refractivity contribution >= 4 is 35.5 Å². The Hall–Kier alpha value is -3.22. The van der Waals surface area contributed by atoms with Gasteiger partial charge < -0.3 is 37.4 Å². The molecule has 0 aromatic heterocycles. The zero-order valence-electron chi connectivity index (χ0n) is 30.4. The first-order valence-electron chi connectivity index (χ1n) is 17.1. The molecule has 6 atom stereocenters. The molecule has 0 radical (unpaired) electrons. The third kappa shape index (κ3) is 19.3. The minimum Gasteiger partial charge on any atom is -0.481 e. The molecule has 0 fully saturated rings. The number of amides is 5. The van der Waals surface area contributed by atoms with Crippen LogP contribution in [0.4, 0.5) is 0 Å². The van der Waals surface area contributed by atoms with Crippen LogP contribution in [0, 0.1) is 41.4 Å². The predicted octanol–water partition coefficient (Wildman–Crippen LogP) is 2.18. The highest BCUT2D eigenvalue weighted by Crippen LogP contribution is 2.15. The van der Waals surface area contributed by atoms with E-state index < -0.39 is 35.9 Å². The van der Waals surface area contributed by atoms with E-state index in [9.17, 15) is 28.8 Å². The second-order valence-electron chi connectivity index (χ2n) is 14.5. The highest BCUT2D eigenvalue weighted by atomic mass is 16.4. The normalized spacial score (nSPS) is 15.4. The smallest absolute Gasteiger partial charge is 0.305 e. The van der Waals surface area contributed by atoms with Gasteiger partial charge in [-0.15, -0.1) is 0 Å². The van der Waals surface area contributed by atoms with E-state index >= 15 is 0 Å². The van der Waals surface area contributed by atoms with Gasteiger partial charge >= 0.3 is 5.97 Å². The van der Waals surface area contributed by atoms with E-state index in [1.807, 2.05) is 55.4 Å². The summed E-state index contributed by atoms with van der Waals surface area (Å²) in [5, 5.41) is 23.4. The van der Waals surface area contributed by atoms with Gasteiger partial charge in [-0.2, -0.15) is 0 Å². The average Bonchev–Trinajstić information content (AvgIpc) is 2.92. The van der Waals surface area contributed by atoms with Gasteiger partial charge in [-0.1, -0.05) is 62.3 Å². The molecule has 0 aromatic carbocycles. The topological polar surface area (TPSA) is 209 Å². The Morgan fingerprint density at radius 1 is 0.617 bits per heavy atom. The van der Waals surface area contributed by atoms with E-state index in [2.05, 4.69) is 26.6 Å². The molecular weight excluding hydrogens is 604 g/mol. The molecule has 272 valence electrons. The van der Waals surface area contributed by atoms with Crippen LogP contribution in [0.3, 0.4) is 0 Å². The molecule has 0 heterocycles. The number of carboxylic acids is 1. The number of hydrogen-bond acceptors (Lipinski definition) is 7. The van der Waals surface area contributed by atoms with Crippen molar-refractivity contribution in [2.24, 2.45) is 47.2 Å². The van der Waals surface area contributed by atoms with E-state index in [0.29, 0.717) is 12.8 Å². The number of carbonyl (C=O) groups excluding carboxylic acids is 5. The quantitative estimate of drug-likeness (QED) is 0.0856. The second-order valence-corrected chi connectivity index (χ2v) is 14.5. The molecule has 0 saturated heterocycles. The van der Waals surface area contributed by atoms with Crippen LogP contribution in [0.5, 0.6) is 0 Å². The lowest BCUT2D eigenvalue weighted by Crippen LogP contribution is -2.49. The van der Waals surface area contributed by atoms with Crippen molar-refractivity contribution in [2.75, 3.05) is 19.6 Å². The maximum absolute atomic E-state index is 13.4. The molecular formula is C34H64N6O7. The van der Waals surface area contributed by atoms with Crippen LogP contribution >= 0.6 is 0 Å². The number of nitrogens with two attached hydrogens (primary N) is 1. The Kier molecular flexibility index (Phi) is 20.8. The van der Waals surface area contributed by atoms with E-state index in [1.54, 1.807) is 13.8 Å². The summed E-state index contributed by atoms with van der Waals surface area (Å²) in [5.74, 6) is -3.38. The zero-order valence-corrected chi connectivity index (χ0v) is 30.4. The average molecular weight is 669 g/mol. The Morgan fingerprint density at radius 3 is 1.66 bits per heavy atom. The van der Waals surface area contributed by atoms with Crippen molar-refractivity contribution < 1.29 is 33.9 Å². The predicted molar refractivity (Wildman–Crippen MR) is 183 cm³/mol. The van der Waals surface area contributed by atoms with Crippen LogP contribution < -0.4 is 32.3 Å². The Labute approximate surface area is 282 Å². The molecule has 0 aliphatic rings. The molecule has 8 N–H and O–H groups in total. The fraction of sp³-hybridized carbons (Fsp3) is 0.824. The lowest BCUT2D eigenvalue weighted by Gasteiger charge is -2.27. The number of hydrogen-bond donors (Lipinski definition) is 7. The van der Waals surface area contributed by atoms with E-state index in [-0.39, 0.29) is 98.0 Å². The second kappa shape index (κ2) is 22.4. The van der Waals surface area contributed by atoms with Crippen LogP contribution in [0.2, 0.25) is 0 Å². The molecule has 47 heavy (non-hydrogen) atoms. The van der Waals surface area contributed by atoms with Crippen LogP contribution in [0.15, 0.2) is 0 Å². The summed E-state index contributed by atoms with van der Waals surface area (Å²) in [7, 11) is 0. The van der Waals surface area contributed by atoms with Crippen molar-refractivity contribution in [1.82, 2.24) is 26.6 Å². The summed E-state index contributed by atoms with van der Waals surface area (Å²) in [4.78, 5) is 75.3. The van der Waals surface area contributed by atoms with Crippen molar-refractivity contribution in [3.63, 3.8) is 0 Å². The van der Waals surface area contributed by atoms with Gasteiger partial charge in [0.15, 0.2) is 0 Å². The molecule has 0 spiro atoms. The summed E-state index contributed by atoms with van der Waals surface area (Å²) >= 11 is 0. The number of carboxylic acid groups (broad SMARTS) is 1. The minimum atomic E-state index is -0.990. The van der Waals surface area contributed by atoms with E-state index in [0.717, 1.165) is 0 Å². The molecule has 0 saturated carbocycles. The van der Waals surface area contributed by atoms with Crippen LogP contribution in [-0.2, 0) is 28.8 Å². The highest BCUT2D eigenvalue weighted by molar-refractivity contribution is 5.84. The molecule has 13 heteroatoms. The van der Waals surface area contributed by atoms with Gasteiger partial charge in [0.2, 0.25) is 29.5 Å². The van der Waals surface area contributed by atoms with Gasteiger partial charge in [-0.3, -0.25) is 28.8 Å². The Balaban J connectivity index is 5.16. The lowest BCUT2D eigenvalue weighted by atomic mass is 9.93. The molecule has 0 aliphatic carbocycles. The maximum Gasteiger partial charge on any atom is 0.305 e. The van der Waals surface area contributed by atoms with Crippen molar-refractivity contribution in [2.45, 2.75) is 119 Å². The van der Waals surface area contributed by atoms with Crippen molar-refractivity contribution in [3.05, 3.63) is 0 Å². The van der Waals surface area contributed by atoms with Gasteiger partial charge in [-0.05, 0) is 43.4 Å². The number of nitrogens with one attached hydrogen (secondary N) is 5. The maximum atomic E-state index is 13.4. The minimum absolute atomic E-state index is 0.00200. The monoisotopic (exact) mass is 668 g/mol. The van der Waals surface area contributed by atoms with Gasteiger partial charge in [0.05, 0.1) is 24.2 Å². The third-order valence-electron chi connectivity index (χ3n) is 8.05. The standard InChI is InChI=1S/C34H64N6O7/c1-19(2)11-25(18-37-32(45)23(9)17-36-34(47)27(16-35)21(5)6)33(46)40-28(22(7)8)15-30(42)38-24(10)13-29(41)39-26(12-20(3)4)14-31(43)44/h19-28H,11-18,35H2,1-10H3,(H,36,47)(H,37,45)(H,38,42)(H,39,41)(H,40,46)(H,43,44). The lowest BCUT2D eigenvalue weighted by molar-refractivity contribution is -0.138. The van der Waals surface area contributed by atoms with Crippen LogP contribution in [0.25, 0.3) is 0 Å². The fourth-order valence-corrected chi connectivity index (χ4v) is 5.29. The van der Waals surface area contributed by atoms with Crippen molar-refractivity contribution in [3.8, 4) is 0 Å². The van der Waals surface area contributed by atoms with Crippen LogP contribution in [0.1, 0.15) is 101 Å². The van der Waals surface area contributed by atoms with Gasteiger partial charge in [0.25, 0.3) is 0 Å². The Bertz CT molecular complexity index is 1020. The SMILES string of the molecule is CC(C)CC(CC(=O)O)NC(=O)CC(C)NC(=O)CC(NC(=O)C(CNC(=O)C(C)CNC(=O)C(CN)C(C)C)CC(C)C)C(C)C. The summed E-state index contributed by atoms with van der Waals surface area (Å²) < 4.78 is 0. The van der Waals surface area contributed by atoms with Crippen molar-refractivity contribution in [1.29, 1.82) is 0 Å². The van der Waals surface area contributed by atoms with Crippen LogP contribution in [-0.4, -0.2) is 78.4 Å². The number of carbonyl (C=O) groups is 6. The third-order valence-corrected chi connectivity index (χ3v) is 8.05. The number of rotatable bonds is 23. The Morgan fingerprint density at radius 2 is 1.17 bits per heavy atom. The largest absolute Gasteiger partial charge is 0.481 e. The zero-order chi connectivity index (χ0) is 36.4.